The summed E-state index contributed by atoms with van der Waals surface area (Å²) >= 11 is 0. The second kappa shape index (κ2) is 7.08. The van der Waals surface area contributed by atoms with Crippen molar-refractivity contribution in [1.82, 2.24) is 4.90 Å². The van der Waals surface area contributed by atoms with Gasteiger partial charge in [0, 0.05) is 24.7 Å². The molecule has 4 rings (SSSR count). The summed E-state index contributed by atoms with van der Waals surface area (Å²) < 4.78 is 5.46. The predicted molar refractivity (Wildman–Crippen MR) is 98.8 cm³/mol. The Morgan fingerprint density at radius 3 is 2.64 bits per heavy atom. The molecule has 25 heavy (non-hydrogen) atoms. The van der Waals surface area contributed by atoms with Crippen molar-refractivity contribution < 1.29 is 9.53 Å². The quantitative estimate of drug-likeness (QED) is 0.854. The fourth-order valence-electron chi connectivity index (χ4n) is 5.26. The van der Waals surface area contributed by atoms with Crippen molar-refractivity contribution >= 4 is 5.91 Å². The van der Waals surface area contributed by atoms with Crippen LogP contribution in [-0.2, 0) is 9.53 Å². The number of hydrogen-bond donors (Lipinski definition) is 1. The van der Waals surface area contributed by atoms with Crippen molar-refractivity contribution in [1.29, 1.82) is 0 Å². The molecule has 136 valence electrons. The SMILES string of the molecule is NC(=O)C1=CC2(CCN(CCC3CCOCC3)CC2)C2C=CC=CC12. The minimum atomic E-state index is -0.242. The lowest BCUT2D eigenvalue weighted by Gasteiger charge is -2.43. The Morgan fingerprint density at radius 2 is 1.92 bits per heavy atom. The highest BCUT2D eigenvalue weighted by atomic mass is 16.5. The van der Waals surface area contributed by atoms with Crippen LogP contribution >= 0.6 is 0 Å². The van der Waals surface area contributed by atoms with Crippen molar-refractivity contribution in [3.63, 3.8) is 0 Å². The van der Waals surface area contributed by atoms with Crippen LogP contribution in [0.1, 0.15) is 32.1 Å². The van der Waals surface area contributed by atoms with Gasteiger partial charge >= 0.3 is 0 Å². The Hall–Kier alpha value is -1.39. The average Bonchev–Trinajstić information content (AvgIpc) is 2.97. The molecule has 2 aliphatic carbocycles. The topological polar surface area (TPSA) is 55.6 Å². The van der Waals surface area contributed by atoms with Crippen LogP contribution in [0.15, 0.2) is 36.0 Å². The number of fused-ring (bicyclic) bond motifs is 2. The molecule has 0 aromatic heterocycles. The van der Waals surface area contributed by atoms with Crippen molar-refractivity contribution in [3.05, 3.63) is 36.0 Å². The molecule has 2 aliphatic heterocycles. The maximum Gasteiger partial charge on any atom is 0.244 e. The van der Waals surface area contributed by atoms with E-state index in [0.29, 0.717) is 5.92 Å². The van der Waals surface area contributed by atoms with E-state index in [2.05, 4.69) is 35.3 Å². The van der Waals surface area contributed by atoms with Crippen molar-refractivity contribution in [3.8, 4) is 0 Å². The van der Waals surface area contributed by atoms with Crippen molar-refractivity contribution in [2.45, 2.75) is 32.1 Å². The lowest BCUT2D eigenvalue weighted by atomic mass is 9.67. The number of primary amides is 1. The number of carbonyl (C=O) groups excluding carboxylic acids is 1. The fraction of sp³-hybridized carbons (Fsp3) is 0.667. The van der Waals surface area contributed by atoms with Gasteiger partial charge in [0.25, 0.3) is 0 Å². The lowest BCUT2D eigenvalue weighted by molar-refractivity contribution is -0.114. The summed E-state index contributed by atoms with van der Waals surface area (Å²) in [5.74, 6) is 1.20. The minimum absolute atomic E-state index is 0.130. The maximum absolute atomic E-state index is 11.9. The third-order valence-corrected chi connectivity index (χ3v) is 6.87. The molecular weight excluding hydrogens is 312 g/mol. The van der Waals surface area contributed by atoms with E-state index in [1.54, 1.807) is 0 Å². The number of carbonyl (C=O) groups is 1. The number of nitrogens with two attached hydrogens (primary N) is 1. The standard InChI is InChI=1S/C21H30N2O2/c22-20(24)18-15-21(19-4-2-1-3-17(18)19)8-11-23(12-9-21)10-5-16-6-13-25-14-7-16/h1-4,15-17,19H,5-14H2,(H2,22,24). The van der Waals surface area contributed by atoms with Gasteiger partial charge in [-0.1, -0.05) is 30.4 Å². The summed E-state index contributed by atoms with van der Waals surface area (Å²) in [6, 6.07) is 0. The molecule has 0 radical (unpaired) electrons. The molecule has 2 N–H and O–H groups in total. The number of ether oxygens (including phenoxy) is 1. The molecule has 2 fully saturated rings. The van der Waals surface area contributed by atoms with Gasteiger partial charge in [0.1, 0.15) is 0 Å². The van der Waals surface area contributed by atoms with E-state index in [4.69, 9.17) is 10.5 Å². The third kappa shape index (κ3) is 3.34. The molecule has 0 saturated carbocycles. The maximum atomic E-state index is 11.9. The first-order valence-corrected chi connectivity index (χ1v) is 9.86. The van der Waals surface area contributed by atoms with E-state index in [0.717, 1.165) is 50.6 Å². The molecule has 0 aromatic carbocycles. The van der Waals surface area contributed by atoms with Crippen LogP contribution in [-0.4, -0.2) is 43.7 Å². The van der Waals surface area contributed by atoms with E-state index >= 15 is 0 Å². The summed E-state index contributed by atoms with van der Waals surface area (Å²) in [6.07, 6.45) is 16.9. The number of hydrogen-bond acceptors (Lipinski definition) is 3. The second-order valence-electron chi connectivity index (χ2n) is 8.20. The molecule has 2 unspecified atom stereocenters. The molecule has 0 bridgehead atoms. The molecule has 2 atom stereocenters. The first kappa shape index (κ1) is 17.0. The van der Waals surface area contributed by atoms with Gasteiger partial charge in [-0.3, -0.25) is 4.79 Å². The minimum Gasteiger partial charge on any atom is -0.381 e. The van der Waals surface area contributed by atoms with Gasteiger partial charge in [-0.05, 0) is 69.0 Å². The van der Waals surface area contributed by atoms with Crippen LogP contribution in [0.3, 0.4) is 0 Å². The van der Waals surface area contributed by atoms with Crippen LogP contribution in [0.5, 0.6) is 0 Å². The van der Waals surface area contributed by atoms with Crippen LogP contribution in [0, 0.1) is 23.2 Å². The van der Waals surface area contributed by atoms with Crippen LogP contribution in [0.4, 0.5) is 0 Å². The highest BCUT2D eigenvalue weighted by Crippen LogP contribution is 2.53. The number of amides is 1. The van der Waals surface area contributed by atoms with Gasteiger partial charge in [0.2, 0.25) is 5.91 Å². The molecule has 0 aromatic rings. The first-order chi connectivity index (χ1) is 12.2. The van der Waals surface area contributed by atoms with E-state index in [-0.39, 0.29) is 17.2 Å². The Labute approximate surface area is 150 Å². The van der Waals surface area contributed by atoms with E-state index in [1.807, 2.05) is 0 Å². The van der Waals surface area contributed by atoms with Gasteiger partial charge in [0.15, 0.2) is 0 Å². The third-order valence-electron chi connectivity index (χ3n) is 6.87. The molecular formula is C21H30N2O2. The predicted octanol–water partition coefficient (Wildman–Crippen LogP) is 2.67. The van der Waals surface area contributed by atoms with Crippen LogP contribution in [0.2, 0.25) is 0 Å². The number of nitrogens with zero attached hydrogens (tertiary/aromatic N) is 1. The van der Waals surface area contributed by atoms with Gasteiger partial charge in [0.05, 0.1) is 0 Å². The number of rotatable bonds is 4. The molecule has 4 aliphatic rings. The van der Waals surface area contributed by atoms with E-state index in [9.17, 15) is 4.79 Å². The molecule has 1 spiro atoms. The molecule has 4 nitrogen and oxygen atoms in total. The first-order valence-electron chi connectivity index (χ1n) is 9.86. The number of piperidine rings is 1. The van der Waals surface area contributed by atoms with E-state index in [1.165, 1.54) is 25.8 Å². The summed E-state index contributed by atoms with van der Waals surface area (Å²) in [5, 5.41) is 0. The van der Waals surface area contributed by atoms with Gasteiger partial charge in [-0.15, -0.1) is 0 Å². The van der Waals surface area contributed by atoms with Crippen LogP contribution in [0.25, 0.3) is 0 Å². The fourth-order valence-corrected chi connectivity index (χ4v) is 5.26. The summed E-state index contributed by atoms with van der Waals surface area (Å²) in [7, 11) is 0. The second-order valence-corrected chi connectivity index (χ2v) is 8.20. The molecule has 2 saturated heterocycles. The average molecular weight is 342 g/mol. The molecule has 4 heteroatoms. The zero-order valence-corrected chi connectivity index (χ0v) is 15.0. The molecule has 2 heterocycles. The lowest BCUT2D eigenvalue weighted by Crippen LogP contribution is -2.43. The summed E-state index contributed by atoms with van der Waals surface area (Å²) in [4.78, 5) is 14.5. The largest absolute Gasteiger partial charge is 0.381 e. The highest BCUT2D eigenvalue weighted by molar-refractivity contribution is 5.94. The van der Waals surface area contributed by atoms with Gasteiger partial charge in [-0.25, -0.2) is 0 Å². The Morgan fingerprint density at radius 1 is 1.20 bits per heavy atom. The number of likely N-dealkylation sites (tertiary alicyclic amines) is 1. The van der Waals surface area contributed by atoms with E-state index < -0.39 is 0 Å². The smallest absolute Gasteiger partial charge is 0.244 e. The Kier molecular flexibility index (Phi) is 4.83. The number of allylic oxidation sites excluding steroid dienone is 5. The highest BCUT2D eigenvalue weighted by Gasteiger charge is 2.48. The zero-order valence-electron chi connectivity index (χ0n) is 15.0. The summed E-state index contributed by atoms with van der Waals surface area (Å²) in [5.41, 5.74) is 6.63. The van der Waals surface area contributed by atoms with Gasteiger partial charge < -0.3 is 15.4 Å². The summed E-state index contributed by atoms with van der Waals surface area (Å²) in [6.45, 7) is 5.35. The Bertz CT molecular complexity index is 593. The Balaban J connectivity index is 1.37. The normalized spacial score (nSPS) is 31.9. The monoisotopic (exact) mass is 342 g/mol. The van der Waals surface area contributed by atoms with Crippen molar-refractivity contribution in [2.75, 3.05) is 32.8 Å². The van der Waals surface area contributed by atoms with Gasteiger partial charge in [-0.2, -0.15) is 0 Å². The zero-order chi connectivity index (χ0) is 17.3. The van der Waals surface area contributed by atoms with Crippen molar-refractivity contribution in [2.24, 2.45) is 28.9 Å². The van der Waals surface area contributed by atoms with Crippen LogP contribution < -0.4 is 5.73 Å². The molecule has 1 amide bonds.